The lowest BCUT2D eigenvalue weighted by Crippen LogP contribution is -2.24. The number of unbranched alkanes of at least 4 members (excludes halogenated alkanes) is 6. The van der Waals surface area contributed by atoms with Gasteiger partial charge >= 0.3 is 11.9 Å². The van der Waals surface area contributed by atoms with Crippen molar-refractivity contribution in [1.82, 2.24) is 0 Å². The quantitative estimate of drug-likeness (QED) is 0.228. The zero-order valence-electron chi connectivity index (χ0n) is 18.0. The summed E-state index contributed by atoms with van der Waals surface area (Å²) in [5.41, 5.74) is 3.09. The van der Waals surface area contributed by atoms with Crippen LogP contribution in [0.3, 0.4) is 0 Å². The number of esters is 2. The Hall–Kier alpha value is -2.10. The molecule has 0 saturated heterocycles. The summed E-state index contributed by atoms with van der Waals surface area (Å²) in [5.74, 6) is -0.953. The third-order valence-corrected chi connectivity index (χ3v) is 4.66. The first-order valence-corrected chi connectivity index (χ1v) is 10.6. The molecule has 1 rings (SSSR count). The van der Waals surface area contributed by atoms with E-state index >= 15 is 0 Å². The minimum absolute atomic E-state index is 0.476. The Morgan fingerprint density at radius 3 is 1.89 bits per heavy atom. The van der Waals surface area contributed by atoms with Crippen molar-refractivity contribution in [3.63, 3.8) is 0 Å². The number of aryl methyl sites for hydroxylation is 1. The lowest BCUT2D eigenvalue weighted by molar-refractivity contribution is -0.178. The number of carbonyl (C=O) groups excluding carboxylic acids is 2. The van der Waals surface area contributed by atoms with Crippen LogP contribution in [0.2, 0.25) is 0 Å². The number of ether oxygens (including phenoxy) is 2. The van der Waals surface area contributed by atoms with Crippen LogP contribution < -0.4 is 0 Å². The molecule has 0 saturated carbocycles. The summed E-state index contributed by atoms with van der Waals surface area (Å²) in [6, 6.07) is 8.40. The van der Waals surface area contributed by atoms with Crippen molar-refractivity contribution in [3.05, 3.63) is 41.0 Å². The van der Waals surface area contributed by atoms with E-state index in [0.29, 0.717) is 6.42 Å². The highest BCUT2D eigenvalue weighted by molar-refractivity contribution is 5.69. The zero-order valence-corrected chi connectivity index (χ0v) is 18.0. The number of hydrogen-bond acceptors (Lipinski definition) is 4. The normalized spacial score (nSPS) is 11.5. The highest BCUT2D eigenvalue weighted by Gasteiger charge is 2.19. The minimum atomic E-state index is -0.965. The number of hydrogen-bond donors (Lipinski definition) is 0. The average Bonchev–Trinajstić information content (AvgIpc) is 2.65. The number of carbonyl (C=O) groups is 2. The Labute approximate surface area is 170 Å². The molecule has 1 aromatic carbocycles. The Morgan fingerprint density at radius 2 is 1.39 bits per heavy atom. The molecule has 4 nitrogen and oxygen atoms in total. The van der Waals surface area contributed by atoms with E-state index in [-0.39, 0.29) is 0 Å². The molecule has 0 aromatic heterocycles. The second kappa shape index (κ2) is 14.0. The van der Waals surface area contributed by atoms with Crippen LogP contribution >= 0.6 is 0 Å². The maximum atomic E-state index is 11.3. The Morgan fingerprint density at radius 1 is 0.857 bits per heavy atom. The third-order valence-electron chi connectivity index (χ3n) is 4.66. The predicted molar refractivity (Wildman–Crippen MR) is 114 cm³/mol. The monoisotopic (exact) mass is 388 g/mol. The van der Waals surface area contributed by atoms with Crippen LogP contribution in [0.25, 0.3) is 6.08 Å². The van der Waals surface area contributed by atoms with Gasteiger partial charge in [-0.2, -0.15) is 0 Å². The van der Waals surface area contributed by atoms with Crippen molar-refractivity contribution in [2.45, 2.75) is 91.8 Å². The SMILES string of the molecule is CCCCCCCCCc1ccc(C=C(CC)C(OC(C)=O)OC(C)=O)cc1. The van der Waals surface area contributed by atoms with Crippen LogP contribution in [0.15, 0.2) is 29.8 Å². The van der Waals surface area contributed by atoms with Gasteiger partial charge in [0.05, 0.1) is 0 Å². The second-order valence-electron chi connectivity index (χ2n) is 7.24. The van der Waals surface area contributed by atoms with Crippen LogP contribution in [0.5, 0.6) is 0 Å². The summed E-state index contributed by atoms with van der Waals surface area (Å²) in [7, 11) is 0. The van der Waals surface area contributed by atoms with Crippen LogP contribution in [-0.4, -0.2) is 18.2 Å². The fraction of sp³-hybridized carbons (Fsp3) is 0.583. The molecule has 0 bridgehead atoms. The van der Waals surface area contributed by atoms with Gasteiger partial charge in [0.2, 0.25) is 0 Å². The van der Waals surface area contributed by atoms with E-state index in [2.05, 4.69) is 31.2 Å². The molecule has 1 aromatic rings. The van der Waals surface area contributed by atoms with Gasteiger partial charge in [-0.3, -0.25) is 9.59 Å². The van der Waals surface area contributed by atoms with Gasteiger partial charge in [0.1, 0.15) is 0 Å². The van der Waals surface area contributed by atoms with Crippen LogP contribution in [0.4, 0.5) is 0 Å². The summed E-state index contributed by atoms with van der Waals surface area (Å²) in [6.07, 6.45) is 11.9. The molecule has 0 amide bonds. The first kappa shape index (κ1) is 23.9. The van der Waals surface area contributed by atoms with Crippen molar-refractivity contribution in [2.75, 3.05) is 0 Å². The maximum Gasteiger partial charge on any atom is 0.305 e. The Kier molecular flexibility index (Phi) is 11.9. The molecule has 0 N–H and O–H groups in total. The maximum absolute atomic E-state index is 11.3. The zero-order chi connectivity index (χ0) is 20.8. The highest BCUT2D eigenvalue weighted by atomic mass is 16.7. The molecule has 0 spiro atoms. The van der Waals surface area contributed by atoms with Crippen LogP contribution in [0, 0.1) is 0 Å². The van der Waals surface area contributed by atoms with Crippen molar-refractivity contribution in [3.8, 4) is 0 Å². The van der Waals surface area contributed by atoms with E-state index < -0.39 is 18.2 Å². The van der Waals surface area contributed by atoms with E-state index in [0.717, 1.165) is 17.6 Å². The van der Waals surface area contributed by atoms with Gasteiger partial charge in [0.15, 0.2) is 0 Å². The Bertz CT molecular complexity index is 600. The number of benzene rings is 1. The van der Waals surface area contributed by atoms with E-state index in [1.54, 1.807) is 0 Å². The lowest BCUT2D eigenvalue weighted by atomic mass is 10.0. The van der Waals surface area contributed by atoms with E-state index in [1.807, 2.05) is 13.0 Å². The predicted octanol–water partition coefficient (Wildman–Crippen LogP) is 6.23. The fourth-order valence-electron chi connectivity index (χ4n) is 3.09. The first-order valence-electron chi connectivity index (χ1n) is 10.6. The van der Waals surface area contributed by atoms with Crippen LogP contribution in [0.1, 0.15) is 90.2 Å². The summed E-state index contributed by atoms with van der Waals surface area (Å²) < 4.78 is 10.3. The summed E-state index contributed by atoms with van der Waals surface area (Å²) in [6.45, 7) is 6.81. The molecule has 0 aliphatic heterocycles. The van der Waals surface area contributed by atoms with Gasteiger partial charge < -0.3 is 9.47 Å². The summed E-state index contributed by atoms with van der Waals surface area (Å²) in [4.78, 5) is 22.6. The molecule has 28 heavy (non-hydrogen) atoms. The molecule has 0 atom stereocenters. The third kappa shape index (κ3) is 10.3. The molecule has 0 heterocycles. The average molecular weight is 389 g/mol. The van der Waals surface area contributed by atoms with E-state index in [9.17, 15) is 9.59 Å². The van der Waals surface area contributed by atoms with Gasteiger partial charge in [0, 0.05) is 19.4 Å². The van der Waals surface area contributed by atoms with Crippen LogP contribution in [-0.2, 0) is 25.5 Å². The topological polar surface area (TPSA) is 52.6 Å². The molecule has 4 heteroatoms. The second-order valence-corrected chi connectivity index (χ2v) is 7.24. The highest BCUT2D eigenvalue weighted by Crippen LogP contribution is 2.19. The summed E-state index contributed by atoms with van der Waals surface area (Å²) >= 11 is 0. The van der Waals surface area contributed by atoms with Gasteiger partial charge in [-0.15, -0.1) is 0 Å². The van der Waals surface area contributed by atoms with E-state index in [1.165, 1.54) is 64.4 Å². The van der Waals surface area contributed by atoms with Gasteiger partial charge in [0.25, 0.3) is 6.29 Å². The van der Waals surface area contributed by atoms with Crippen molar-refractivity contribution in [1.29, 1.82) is 0 Å². The van der Waals surface area contributed by atoms with Gasteiger partial charge in [-0.25, -0.2) is 0 Å². The van der Waals surface area contributed by atoms with Crippen molar-refractivity contribution in [2.24, 2.45) is 0 Å². The lowest BCUT2D eigenvalue weighted by Gasteiger charge is -2.19. The van der Waals surface area contributed by atoms with Gasteiger partial charge in [-0.05, 0) is 36.5 Å². The smallest absolute Gasteiger partial charge is 0.305 e. The molecule has 0 aliphatic rings. The first-order chi connectivity index (χ1) is 13.5. The largest absolute Gasteiger partial charge is 0.421 e. The molecule has 0 unspecified atom stereocenters. The number of rotatable bonds is 13. The fourth-order valence-corrected chi connectivity index (χ4v) is 3.09. The summed E-state index contributed by atoms with van der Waals surface area (Å²) in [5, 5.41) is 0. The standard InChI is InChI=1S/C24H36O4/c1-5-7-8-9-10-11-12-13-21-14-16-22(17-15-21)18-23(6-2)24(27-19(3)25)28-20(4)26/h14-18,24H,5-13H2,1-4H3. The molecular weight excluding hydrogens is 352 g/mol. The van der Waals surface area contributed by atoms with Crippen molar-refractivity contribution < 1.29 is 19.1 Å². The van der Waals surface area contributed by atoms with Crippen molar-refractivity contribution >= 4 is 18.0 Å². The molecule has 0 fully saturated rings. The molecule has 156 valence electrons. The molecule has 0 aliphatic carbocycles. The molecule has 0 radical (unpaired) electrons. The van der Waals surface area contributed by atoms with Gasteiger partial charge in [-0.1, -0.05) is 76.6 Å². The molecular formula is C24H36O4. The van der Waals surface area contributed by atoms with E-state index in [4.69, 9.17) is 9.47 Å². The minimum Gasteiger partial charge on any atom is -0.421 e. The Balaban J connectivity index is 2.61.